The minimum Gasteiger partial charge on any atom is -0.332 e. The number of halogens is 1. The number of rotatable bonds is 4. The molecule has 144 valence electrons. The predicted molar refractivity (Wildman–Crippen MR) is 111 cm³/mol. The second-order valence-corrected chi connectivity index (χ2v) is 7.49. The van der Waals surface area contributed by atoms with E-state index in [9.17, 15) is 4.79 Å². The number of carbonyl (C=O) groups excluding carboxylic acids is 1. The molecule has 1 N–H and O–H groups in total. The lowest BCUT2D eigenvalue weighted by atomic mass is 10.1. The molecule has 0 saturated carbocycles. The number of hydrogen-bond donors (Lipinski definition) is 1. The van der Waals surface area contributed by atoms with Gasteiger partial charge in [0.05, 0.1) is 55.9 Å². The Labute approximate surface area is 170 Å². The molecule has 0 unspecified atom stereocenters. The van der Waals surface area contributed by atoms with Crippen LogP contribution in [0.4, 0.5) is 0 Å². The molecule has 6 heteroatoms. The zero-order chi connectivity index (χ0) is 19.5. The lowest BCUT2D eigenvalue weighted by Crippen LogP contribution is -3.14. The lowest BCUT2D eigenvalue weighted by molar-refractivity contribution is -0.902. The third kappa shape index (κ3) is 3.68. The van der Waals surface area contributed by atoms with Crippen molar-refractivity contribution >= 4 is 17.5 Å². The van der Waals surface area contributed by atoms with Crippen LogP contribution in [0.1, 0.15) is 17.3 Å². The van der Waals surface area contributed by atoms with Gasteiger partial charge in [0.25, 0.3) is 5.91 Å². The number of amides is 1. The molecule has 1 fully saturated rings. The number of nitrogens with one attached hydrogen (secondary N) is 1. The molecule has 5 nitrogen and oxygen atoms in total. The normalized spacial score (nSPS) is 15.0. The molecule has 1 saturated heterocycles. The quantitative estimate of drug-likeness (QED) is 0.737. The number of benzene rings is 2. The molecular weight excluding hydrogens is 372 g/mol. The number of quaternary nitrogens is 1. The van der Waals surface area contributed by atoms with Crippen molar-refractivity contribution in [3.8, 4) is 16.9 Å². The summed E-state index contributed by atoms with van der Waals surface area (Å²) in [5, 5.41) is 5.23. The van der Waals surface area contributed by atoms with Crippen molar-refractivity contribution in [2.75, 3.05) is 32.7 Å². The fourth-order valence-corrected chi connectivity index (χ4v) is 3.83. The van der Waals surface area contributed by atoms with Crippen molar-refractivity contribution in [3.63, 3.8) is 0 Å². The van der Waals surface area contributed by atoms with E-state index in [0.29, 0.717) is 10.6 Å². The van der Waals surface area contributed by atoms with Gasteiger partial charge in [0, 0.05) is 10.6 Å². The highest BCUT2D eigenvalue weighted by Gasteiger charge is 2.28. The van der Waals surface area contributed by atoms with Crippen molar-refractivity contribution < 1.29 is 9.69 Å². The minimum absolute atomic E-state index is 0.0502. The summed E-state index contributed by atoms with van der Waals surface area (Å²) in [6.07, 6.45) is 1.69. The number of nitrogens with zero attached hydrogens (tertiary/aromatic N) is 3. The van der Waals surface area contributed by atoms with E-state index in [0.717, 1.165) is 49.7 Å². The summed E-state index contributed by atoms with van der Waals surface area (Å²) in [6, 6.07) is 17.5. The van der Waals surface area contributed by atoms with Crippen LogP contribution in [0.3, 0.4) is 0 Å². The zero-order valence-electron chi connectivity index (χ0n) is 15.9. The average Bonchev–Trinajstić information content (AvgIpc) is 3.19. The van der Waals surface area contributed by atoms with Gasteiger partial charge >= 0.3 is 0 Å². The number of piperazine rings is 1. The fraction of sp³-hybridized carbons (Fsp3) is 0.273. The Bertz CT molecular complexity index is 944. The molecular formula is C22H24ClN4O+. The number of hydrogen-bond acceptors (Lipinski definition) is 2. The average molecular weight is 396 g/mol. The molecule has 2 heterocycles. The first-order chi connectivity index (χ1) is 13.7. The van der Waals surface area contributed by atoms with E-state index in [1.807, 2.05) is 64.2 Å². The van der Waals surface area contributed by atoms with E-state index in [2.05, 4.69) is 12.0 Å². The third-order valence-electron chi connectivity index (χ3n) is 5.38. The van der Waals surface area contributed by atoms with Crippen LogP contribution in [0, 0.1) is 0 Å². The molecule has 28 heavy (non-hydrogen) atoms. The maximum atomic E-state index is 13.3. The standard InChI is InChI=1S/C22H23ClN4O/c1-2-25-12-14-26(15-13-25)22(28)20-16-24-27(19-10-8-18(23)9-11-19)21(20)17-6-4-3-5-7-17/h3-11,16H,2,12-15H2,1H3/p+1. The first-order valence-corrected chi connectivity index (χ1v) is 10.1. The van der Waals surface area contributed by atoms with Gasteiger partial charge in [0.15, 0.2) is 0 Å². The summed E-state index contributed by atoms with van der Waals surface area (Å²) in [5.41, 5.74) is 3.30. The van der Waals surface area contributed by atoms with Gasteiger partial charge in [-0.25, -0.2) is 4.68 Å². The van der Waals surface area contributed by atoms with Gasteiger partial charge in [-0.1, -0.05) is 41.9 Å². The largest absolute Gasteiger partial charge is 0.332 e. The van der Waals surface area contributed by atoms with Gasteiger partial charge in [-0.3, -0.25) is 4.79 Å². The van der Waals surface area contributed by atoms with E-state index in [1.54, 1.807) is 11.1 Å². The highest BCUT2D eigenvalue weighted by atomic mass is 35.5. The lowest BCUT2D eigenvalue weighted by Gasteiger charge is -2.31. The van der Waals surface area contributed by atoms with Crippen molar-refractivity contribution in [2.24, 2.45) is 0 Å². The molecule has 0 bridgehead atoms. The van der Waals surface area contributed by atoms with Gasteiger partial charge in [-0.15, -0.1) is 0 Å². The zero-order valence-corrected chi connectivity index (χ0v) is 16.7. The van der Waals surface area contributed by atoms with Crippen LogP contribution in [-0.2, 0) is 0 Å². The van der Waals surface area contributed by atoms with Gasteiger partial charge in [0.2, 0.25) is 0 Å². The van der Waals surface area contributed by atoms with Crippen LogP contribution in [-0.4, -0.2) is 53.3 Å². The van der Waals surface area contributed by atoms with Crippen LogP contribution < -0.4 is 4.90 Å². The Kier molecular flexibility index (Phi) is 5.46. The molecule has 1 amide bonds. The van der Waals surface area contributed by atoms with E-state index in [1.165, 1.54) is 0 Å². The van der Waals surface area contributed by atoms with Crippen LogP contribution in [0.2, 0.25) is 5.02 Å². The minimum atomic E-state index is 0.0502. The summed E-state index contributed by atoms with van der Waals surface area (Å²) >= 11 is 6.04. The molecule has 0 aliphatic carbocycles. The Hall–Kier alpha value is -2.63. The maximum Gasteiger partial charge on any atom is 0.258 e. The van der Waals surface area contributed by atoms with Gasteiger partial charge in [0.1, 0.15) is 0 Å². The Morgan fingerprint density at radius 1 is 1.07 bits per heavy atom. The molecule has 1 aliphatic rings. The summed E-state index contributed by atoms with van der Waals surface area (Å²) < 4.78 is 1.83. The SMILES string of the molecule is CC[NH+]1CCN(C(=O)c2cnn(-c3ccc(Cl)cc3)c2-c2ccccc2)CC1. The highest BCUT2D eigenvalue weighted by molar-refractivity contribution is 6.30. The smallest absolute Gasteiger partial charge is 0.258 e. The topological polar surface area (TPSA) is 42.6 Å². The third-order valence-corrected chi connectivity index (χ3v) is 5.63. The second-order valence-electron chi connectivity index (χ2n) is 7.06. The fourth-order valence-electron chi connectivity index (χ4n) is 3.71. The van der Waals surface area contributed by atoms with Crippen molar-refractivity contribution in [2.45, 2.75) is 6.92 Å². The number of aromatic nitrogens is 2. The number of likely N-dealkylation sites (N-methyl/N-ethyl adjacent to an activating group) is 1. The Balaban J connectivity index is 1.73. The van der Waals surface area contributed by atoms with Gasteiger partial charge in [-0.2, -0.15) is 5.10 Å². The van der Waals surface area contributed by atoms with Gasteiger partial charge < -0.3 is 9.80 Å². The Morgan fingerprint density at radius 2 is 1.75 bits per heavy atom. The van der Waals surface area contributed by atoms with Crippen LogP contribution in [0.15, 0.2) is 60.8 Å². The summed E-state index contributed by atoms with van der Waals surface area (Å²) in [5.74, 6) is 0.0502. The first kappa shape index (κ1) is 18.7. The maximum absolute atomic E-state index is 13.3. The monoisotopic (exact) mass is 395 g/mol. The van der Waals surface area contributed by atoms with Crippen LogP contribution in [0.25, 0.3) is 16.9 Å². The van der Waals surface area contributed by atoms with Crippen molar-refractivity contribution in [1.29, 1.82) is 0 Å². The molecule has 1 aromatic heterocycles. The van der Waals surface area contributed by atoms with Crippen molar-refractivity contribution in [3.05, 3.63) is 71.4 Å². The first-order valence-electron chi connectivity index (χ1n) is 9.69. The molecule has 1 aliphatic heterocycles. The summed E-state index contributed by atoms with van der Waals surface area (Å²) in [4.78, 5) is 16.8. The molecule has 3 aromatic rings. The van der Waals surface area contributed by atoms with E-state index in [4.69, 9.17) is 11.6 Å². The van der Waals surface area contributed by atoms with Crippen LogP contribution >= 0.6 is 11.6 Å². The molecule has 2 aromatic carbocycles. The second kappa shape index (κ2) is 8.17. The summed E-state index contributed by atoms with van der Waals surface area (Å²) in [7, 11) is 0. The van der Waals surface area contributed by atoms with Gasteiger partial charge in [-0.05, 0) is 31.2 Å². The number of carbonyl (C=O) groups is 1. The Morgan fingerprint density at radius 3 is 2.39 bits per heavy atom. The molecule has 0 spiro atoms. The van der Waals surface area contributed by atoms with E-state index in [-0.39, 0.29) is 5.91 Å². The van der Waals surface area contributed by atoms with Crippen LogP contribution in [0.5, 0.6) is 0 Å². The molecule has 0 radical (unpaired) electrons. The molecule has 4 rings (SSSR count). The molecule has 0 atom stereocenters. The van der Waals surface area contributed by atoms with Crippen molar-refractivity contribution in [1.82, 2.24) is 14.7 Å². The summed E-state index contributed by atoms with van der Waals surface area (Å²) in [6.45, 7) is 6.84. The highest BCUT2D eigenvalue weighted by Crippen LogP contribution is 2.28. The predicted octanol–water partition coefficient (Wildman–Crippen LogP) is 2.55. The van der Waals surface area contributed by atoms with E-state index < -0.39 is 0 Å². The van der Waals surface area contributed by atoms with E-state index >= 15 is 0 Å².